The largest absolute Gasteiger partial charge is 0.440 e. The van der Waals surface area contributed by atoms with Crippen LogP contribution in [0.15, 0.2) is 45.9 Å². The molecule has 3 aromatic rings. The molecule has 0 fully saturated rings. The molecule has 0 radical (unpaired) electrons. The lowest BCUT2D eigenvalue weighted by Gasteiger charge is -2.11. The Hall–Kier alpha value is -2.45. The summed E-state index contributed by atoms with van der Waals surface area (Å²) in [6.45, 7) is 5.79. The molecule has 0 saturated heterocycles. The third kappa shape index (κ3) is 4.28. The van der Waals surface area contributed by atoms with Crippen LogP contribution in [0.1, 0.15) is 39.7 Å². The van der Waals surface area contributed by atoms with Crippen molar-refractivity contribution in [3.05, 3.63) is 58.3 Å². The van der Waals surface area contributed by atoms with Crippen molar-refractivity contribution < 1.29 is 17.6 Å². The molecule has 2 heterocycles. The van der Waals surface area contributed by atoms with Crippen molar-refractivity contribution in [2.75, 3.05) is 6.26 Å². The number of aromatic nitrogens is 1. The number of furan rings is 1. The number of rotatable bonds is 5. The smallest absolute Gasteiger partial charge is 0.287 e. The van der Waals surface area contributed by atoms with Gasteiger partial charge in [-0.3, -0.25) is 4.79 Å². The second kappa shape index (κ2) is 7.28. The zero-order valence-electron chi connectivity index (χ0n) is 15.4. The number of carbonyl (C=O) groups excluding carboxylic acids is 1. The molecule has 3 rings (SSSR count). The van der Waals surface area contributed by atoms with E-state index in [0.29, 0.717) is 0 Å². The number of amides is 1. The van der Waals surface area contributed by atoms with Gasteiger partial charge in [-0.15, -0.1) is 11.3 Å². The number of hydrogen-bond acceptors (Lipinski definition) is 6. The molecule has 0 saturated carbocycles. The predicted molar refractivity (Wildman–Crippen MR) is 105 cm³/mol. The first-order chi connectivity index (χ1) is 12.6. The van der Waals surface area contributed by atoms with Gasteiger partial charge in [0.15, 0.2) is 5.76 Å². The molecule has 0 aliphatic heterocycles. The Balaban J connectivity index is 1.78. The second-order valence-electron chi connectivity index (χ2n) is 6.42. The summed E-state index contributed by atoms with van der Waals surface area (Å²) in [5, 5.41) is 3.50. The molecule has 1 aromatic carbocycles. The summed E-state index contributed by atoms with van der Waals surface area (Å²) in [4.78, 5) is 17.9. The van der Waals surface area contributed by atoms with Gasteiger partial charge >= 0.3 is 0 Å². The average Bonchev–Trinajstić information content (AvgIpc) is 3.22. The van der Waals surface area contributed by atoms with E-state index in [1.165, 1.54) is 29.0 Å². The quantitative estimate of drug-likeness (QED) is 0.696. The minimum absolute atomic E-state index is 0.0387. The van der Waals surface area contributed by atoms with E-state index in [4.69, 9.17) is 4.42 Å². The number of nitrogens with one attached hydrogen (secondary N) is 1. The van der Waals surface area contributed by atoms with Crippen LogP contribution in [0.5, 0.6) is 0 Å². The monoisotopic (exact) mass is 404 g/mol. The van der Waals surface area contributed by atoms with E-state index in [1.54, 1.807) is 0 Å². The van der Waals surface area contributed by atoms with Crippen molar-refractivity contribution in [1.82, 2.24) is 10.3 Å². The van der Waals surface area contributed by atoms with Gasteiger partial charge in [-0.25, -0.2) is 13.4 Å². The van der Waals surface area contributed by atoms with Crippen LogP contribution in [-0.4, -0.2) is 25.6 Å². The van der Waals surface area contributed by atoms with Crippen molar-refractivity contribution in [2.45, 2.75) is 31.9 Å². The van der Waals surface area contributed by atoms with Crippen LogP contribution in [0.3, 0.4) is 0 Å². The number of carbonyl (C=O) groups is 1. The zero-order valence-corrected chi connectivity index (χ0v) is 17.1. The van der Waals surface area contributed by atoms with E-state index >= 15 is 0 Å². The topological polar surface area (TPSA) is 89.3 Å². The lowest BCUT2D eigenvalue weighted by Crippen LogP contribution is -2.26. The van der Waals surface area contributed by atoms with Crippen molar-refractivity contribution in [3.8, 4) is 10.6 Å². The summed E-state index contributed by atoms with van der Waals surface area (Å²) in [7, 11) is -3.49. The van der Waals surface area contributed by atoms with E-state index in [2.05, 4.69) is 10.3 Å². The molecule has 0 bridgehead atoms. The van der Waals surface area contributed by atoms with Crippen molar-refractivity contribution in [1.29, 1.82) is 0 Å². The fourth-order valence-corrected chi connectivity index (χ4v) is 4.23. The molecule has 1 N–H and O–H groups in total. The summed E-state index contributed by atoms with van der Waals surface area (Å²) >= 11 is 1.52. The normalized spacial score (nSPS) is 12.7. The van der Waals surface area contributed by atoms with Crippen LogP contribution in [0, 0.1) is 13.8 Å². The van der Waals surface area contributed by atoms with Gasteiger partial charge < -0.3 is 9.73 Å². The Morgan fingerprint density at radius 1 is 1.15 bits per heavy atom. The molecule has 1 unspecified atom stereocenters. The summed E-state index contributed by atoms with van der Waals surface area (Å²) in [5.41, 5.74) is 3.06. The van der Waals surface area contributed by atoms with Crippen LogP contribution < -0.4 is 5.32 Å². The number of sulfone groups is 1. The number of benzene rings is 1. The Morgan fingerprint density at radius 3 is 2.41 bits per heavy atom. The minimum atomic E-state index is -3.49. The van der Waals surface area contributed by atoms with E-state index in [9.17, 15) is 13.2 Å². The van der Waals surface area contributed by atoms with E-state index in [1.807, 2.05) is 45.0 Å². The molecule has 1 amide bonds. The van der Waals surface area contributed by atoms with Crippen LogP contribution in [0.25, 0.3) is 10.6 Å². The zero-order chi connectivity index (χ0) is 19.8. The molecule has 2 aromatic heterocycles. The molecular formula is C19H20N2O4S2. The summed E-state index contributed by atoms with van der Waals surface area (Å²) < 4.78 is 28.1. The molecule has 0 spiro atoms. The number of aryl methyl sites for hydroxylation is 2. The standard InChI is InChI=1S/C19H20N2O4S2/c1-11-5-7-14(8-6-11)19-21-13(3)17(26-19)12(2)20-18(22)15-9-10-16(25-15)27(4,23)24/h5-10,12H,1-4H3,(H,20,22). The highest BCUT2D eigenvalue weighted by molar-refractivity contribution is 7.90. The maximum absolute atomic E-state index is 12.4. The van der Waals surface area contributed by atoms with Gasteiger partial charge in [-0.05, 0) is 32.9 Å². The second-order valence-corrected chi connectivity index (χ2v) is 9.40. The van der Waals surface area contributed by atoms with E-state index in [0.717, 1.165) is 27.4 Å². The van der Waals surface area contributed by atoms with Crippen molar-refractivity contribution >= 4 is 27.1 Å². The number of thiazole rings is 1. The van der Waals surface area contributed by atoms with Crippen LogP contribution >= 0.6 is 11.3 Å². The first-order valence-corrected chi connectivity index (χ1v) is 11.0. The number of hydrogen-bond donors (Lipinski definition) is 1. The van der Waals surface area contributed by atoms with E-state index < -0.39 is 15.7 Å². The van der Waals surface area contributed by atoms with Gasteiger partial charge in [-0.1, -0.05) is 29.8 Å². The average molecular weight is 405 g/mol. The van der Waals surface area contributed by atoms with Gasteiger partial charge in [0.2, 0.25) is 14.9 Å². The molecule has 6 nitrogen and oxygen atoms in total. The third-order valence-corrected chi connectivity index (χ3v) is 6.38. The molecule has 1 atom stereocenters. The van der Waals surface area contributed by atoms with Crippen molar-refractivity contribution in [2.24, 2.45) is 0 Å². The lowest BCUT2D eigenvalue weighted by molar-refractivity contribution is 0.0907. The lowest BCUT2D eigenvalue weighted by atomic mass is 10.2. The van der Waals surface area contributed by atoms with Gasteiger partial charge in [-0.2, -0.15) is 0 Å². The van der Waals surface area contributed by atoms with Crippen LogP contribution in [-0.2, 0) is 9.84 Å². The molecule has 8 heteroatoms. The Bertz CT molecular complexity index is 1080. The third-order valence-electron chi connectivity index (χ3n) is 4.04. The maximum Gasteiger partial charge on any atom is 0.287 e. The first kappa shape index (κ1) is 19.3. The summed E-state index contributed by atoms with van der Waals surface area (Å²) in [6, 6.07) is 10.5. The fourth-order valence-electron chi connectivity index (χ4n) is 2.60. The highest BCUT2D eigenvalue weighted by atomic mass is 32.2. The Labute approximate surface area is 162 Å². The van der Waals surface area contributed by atoms with Crippen LogP contribution in [0.4, 0.5) is 0 Å². The highest BCUT2D eigenvalue weighted by Crippen LogP contribution is 2.32. The fraction of sp³-hybridized carbons (Fsp3) is 0.263. The SMILES string of the molecule is Cc1ccc(-c2nc(C)c(C(C)NC(=O)c3ccc(S(C)(=O)=O)o3)s2)cc1. The van der Waals surface area contributed by atoms with Gasteiger partial charge in [0.05, 0.1) is 16.6 Å². The first-order valence-electron chi connectivity index (χ1n) is 8.30. The molecule has 0 aliphatic rings. The molecule has 142 valence electrons. The molecular weight excluding hydrogens is 384 g/mol. The molecule has 0 aliphatic carbocycles. The predicted octanol–water partition coefficient (Wildman–Crippen LogP) is 3.91. The highest BCUT2D eigenvalue weighted by Gasteiger charge is 2.21. The van der Waals surface area contributed by atoms with E-state index in [-0.39, 0.29) is 16.9 Å². The molecule has 27 heavy (non-hydrogen) atoms. The maximum atomic E-state index is 12.4. The Morgan fingerprint density at radius 2 is 1.81 bits per heavy atom. The number of nitrogens with zero attached hydrogens (tertiary/aromatic N) is 1. The van der Waals surface area contributed by atoms with Gasteiger partial charge in [0.25, 0.3) is 5.91 Å². The Kier molecular flexibility index (Phi) is 5.21. The van der Waals surface area contributed by atoms with Gasteiger partial charge in [0, 0.05) is 11.8 Å². The minimum Gasteiger partial charge on any atom is -0.440 e. The summed E-state index contributed by atoms with van der Waals surface area (Å²) in [5.74, 6) is -0.509. The van der Waals surface area contributed by atoms with Crippen LogP contribution in [0.2, 0.25) is 0 Å². The van der Waals surface area contributed by atoms with Crippen molar-refractivity contribution in [3.63, 3.8) is 0 Å². The van der Waals surface area contributed by atoms with Gasteiger partial charge in [0.1, 0.15) is 5.01 Å². The summed E-state index contributed by atoms with van der Waals surface area (Å²) in [6.07, 6.45) is 1.03.